The molecule has 0 aliphatic heterocycles. The lowest BCUT2D eigenvalue weighted by molar-refractivity contribution is -0.113. The molecule has 0 unspecified atom stereocenters. The van der Waals surface area contributed by atoms with E-state index in [2.05, 4.69) is 20.8 Å². The summed E-state index contributed by atoms with van der Waals surface area (Å²) in [4.78, 5) is 25.3. The Morgan fingerprint density at radius 1 is 0.946 bits per heavy atom. The van der Waals surface area contributed by atoms with Crippen LogP contribution in [0.3, 0.4) is 0 Å². The van der Waals surface area contributed by atoms with Crippen molar-refractivity contribution in [3.05, 3.63) is 95.3 Å². The summed E-state index contributed by atoms with van der Waals surface area (Å²) < 4.78 is 7.29. The molecule has 1 aromatic heterocycles. The summed E-state index contributed by atoms with van der Waals surface area (Å²) in [5, 5.41) is 15.0. The molecule has 0 atom stereocenters. The Morgan fingerprint density at radius 2 is 1.70 bits per heavy atom. The zero-order chi connectivity index (χ0) is 26.2. The Hall–Kier alpha value is -4.11. The normalized spacial score (nSPS) is 10.7. The van der Waals surface area contributed by atoms with Gasteiger partial charge in [0.25, 0.3) is 5.91 Å². The number of aromatic nitrogens is 3. The Balaban J connectivity index is 1.44. The van der Waals surface area contributed by atoms with Gasteiger partial charge in [0.1, 0.15) is 5.75 Å². The molecule has 0 saturated heterocycles. The van der Waals surface area contributed by atoms with E-state index >= 15 is 0 Å². The SMILES string of the molecule is CCOc1ccc(NC(=O)CSc2nnc(CNC(=O)c3ccc(C)c(C)c3)n2-c2ccccc2)cc1. The summed E-state index contributed by atoms with van der Waals surface area (Å²) in [5.74, 6) is 1.12. The zero-order valence-corrected chi connectivity index (χ0v) is 21.8. The van der Waals surface area contributed by atoms with Gasteiger partial charge in [-0.15, -0.1) is 10.2 Å². The van der Waals surface area contributed by atoms with Crippen LogP contribution < -0.4 is 15.4 Å². The monoisotopic (exact) mass is 515 g/mol. The summed E-state index contributed by atoms with van der Waals surface area (Å²) in [5.41, 5.74) is 4.32. The first-order chi connectivity index (χ1) is 17.9. The molecular formula is C28H29N5O3S. The summed E-state index contributed by atoms with van der Waals surface area (Å²) in [6.07, 6.45) is 0. The van der Waals surface area contributed by atoms with E-state index in [4.69, 9.17) is 4.74 Å². The lowest BCUT2D eigenvalue weighted by atomic mass is 10.1. The molecule has 9 heteroatoms. The molecular weight excluding hydrogens is 486 g/mol. The predicted molar refractivity (Wildman–Crippen MR) is 145 cm³/mol. The average Bonchev–Trinajstić information content (AvgIpc) is 3.32. The first-order valence-electron chi connectivity index (χ1n) is 11.9. The van der Waals surface area contributed by atoms with Gasteiger partial charge in [0.15, 0.2) is 11.0 Å². The third kappa shape index (κ3) is 6.77. The van der Waals surface area contributed by atoms with Crippen LogP contribution >= 0.6 is 11.8 Å². The minimum atomic E-state index is -0.186. The molecule has 3 aromatic carbocycles. The number of benzene rings is 3. The second kappa shape index (κ2) is 12.2. The lowest BCUT2D eigenvalue weighted by Gasteiger charge is -2.11. The number of para-hydroxylation sites is 1. The fraction of sp³-hybridized carbons (Fsp3) is 0.214. The number of rotatable bonds is 10. The van der Waals surface area contributed by atoms with Crippen molar-refractivity contribution in [2.45, 2.75) is 32.5 Å². The number of ether oxygens (including phenoxy) is 1. The highest BCUT2D eigenvalue weighted by molar-refractivity contribution is 7.99. The third-order valence-electron chi connectivity index (χ3n) is 5.67. The van der Waals surface area contributed by atoms with Crippen LogP contribution in [-0.4, -0.2) is 38.9 Å². The van der Waals surface area contributed by atoms with Crippen molar-refractivity contribution in [3.8, 4) is 11.4 Å². The van der Waals surface area contributed by atoms with Crippen molar-refractivity contribution in [2.24, 2.45) is 0 Å². The number of thioether (sulfide) groups is 1. The van der Waals surface area contributed by atoms with Gasteiger partial charge in [-0.2, -0.15) is 0 Å². The third-order valence-corrected chi connectivity index (χ3v) is 6.60. The maximum absolute atomic E-state index is 12.7. The smallest absolute Gasteiger partial charge is 0.251 e. The van der Waals surface area contributed by atoms with E-state index in [0.29, 0.717) is 28.8 Å². The molecule has 0 radical (unpaired) electrons. The number of carbonyl (C=O) groups excluding carboxylic acids is 2. The van der Waals surface area contributed by atoms with E-state index in [-0.39, 0.29) is 24.1 Å². The van der Waals surface area contributed by atoms with Crippen LogP contribution in [0.2, 0.25) is 0 Å². The van der Waals surface area contributed by atoms with Crippen LogP contribution in [0.4, 0.5) is 5.69 Å². The first-order valence-corrected chi connectivity index (χ1v) is 12.9. The van der Waals surface area contributed by atoms with Crippen LogP contribution in [0, 0.1) is 13.8 Å². The highest BCUT2D eigenvalue weighted by Crippen LogP contribution is 2.23. The summed E-state index contributed by atoms with van der Waals surface area (Å²) in [7, 11) is 0. The molecule has 8 nitrogen and oxygen atoms in total. The van der Waals surface area contributed by atoms with Gasteiger partial charge in [-0.05, 0) is 80.4 Å². The molecule has 190 valence electrons. The predicted octanol–water partition coefficient (Wildman–Crippen LogP) is 4.94. The fourth-order valence-corrected chi connectivity index (χ4v) is 4.39. The topological polar surface area (TPSA) is 98.1 Å². The van der Waals surface area contributed by atoms with Crippen molar-refractivity contribution >= 4 is 29.3 Å². The first kappa shape index (κ1) is 26.0. The highest BCUT2D eigenvalue weighted by atomic mass is 32.2. The molecule has 1 heterocycles. The van der Waals surface area contributed by atoms with Gasteiger partial charge in [0.2, 0.25) is 5.91 Å². The van der Waals surface area contributed by atoms with Gasteiger partial charge >= 0.3 is 0 Å². The Morgan fingerprint density at radius 3 is 2.41 bits per heavy atom. The summed E-state index contributed by atoms with van der Waals surface area (Å²) in [6.45, 7) is 6.68. The largest absolute Gasteiger partial charge is 0.494 e. The van der Waals surface area contributed by atoms with E-state index in [0.717, 1.165) is 22.6 Å². The minimum Gasteiger partial charge on any atom is -0.494 e. The highest BCUT2D eigenvalue weighted by Gasteiger charge is 2.17. The van der Waals surface area contributed by atoms with Crippen LogP contribution in [0.25, 0.3) is 5.69 Å². The number of amides is 2. The van der Waals surface area contributed by atoms with E-state index in [9.17, 15) is 9.59 Å². The van der Waals surface area contributed by atoms with Gasteiger partial charge in [-0.1, -0.05) is 36.0 Å². The van der Waals surface area contributed by atoms with Crippen LogP contribution in [-0.2, 0) is 11.3 Å². The van der Waals surface area contributed by atoms with Crippen LogP contribution in [0.1, 0.15) is 34.2 Å². The van der Waals surface area contributed by atoms with Gasteiger partial charge in [-0.3, -0.25) is 14.2 Å². The van der Waals surface area contributed by atoms with Crippen LogP contribution in [0.15, 0.2) is 78.0 Å². The standard InChI is InChI=1S/C28H29N5O3S/c1-4-36-24-14-12-22(13-15-24)30-26(34)18-37-28-32-31-25(33(28)23-8-6-5-7-9-23)17-29-27(35)21-11-10-19(2)20(3)16-21/h5-16H,4,17-18H2,1-3H3,(H,29,35)(H,30,34). The second-order valence-electron chi connectivity index (χ2n) is 8.35. The van der Waals surface area contributed by atoms with Gasteiger partial charge in [0.05, 0.1) is 18.9 Å². The molecule has 0 aliphatic rings. The maximum atomic E-state index is 12.7. The van der Waals surface area contributed by atoms with Crippen molar-refractivity contribution in [1.29, 1.82) is 0 Å². The number of carbonyl (C=O) groups is 2. The quantitative estimate of drug-likeness (QED) is 0.290. The molecule has 0 bridgehead atoms. The average molecular weight is 516 g/mol. The lowest BCUT2D eigenvalue weighted by Crippen LogP contribution is -2.24. The van der Waals surface area contributed by atoms with E-state index in [1.54, 1.807) is 12.1 Å². The maximum Gasteiger partial charge on any atom is 0.251 e. The molecule has 0 spiro atoms. The van der Waals surface area contributed by atoms with Gasteiger partial charge in [0, 0.05) is 16.9 Å². The summed E-state index contributed by atoms with van der Waals surface area (Å²) >= 11 is 1.28. The molecule has 0 aliphatic carbocycles. The molecule has 2 amide bonds. The number of anilines is 1. The Labute approximate surface area is 220 Å². The molecule has 0 saturated carbocycles. The van der Waals surface area contributed by atoms with Gasteiger partial charge < -0.3 is 15.4 Å². The van der Waals surface area contributed by atoms with Gasteiger partial charge in [-0.25, -0.2) is 0 Å². The zero-order valence-electron chi connectivity index (χ0n) is 21.0. The molecule has 2 N–H and O–H groups in total. The molecule has 4 aromatic rings. The van der Waals surface area contributed by atoms with E-state index in [1.807, 2.05) is 86.0 Å². The number of nitrogens with one attached hydrogen (secondary N) is 2. The number of nitrogens with zero attached hydrogens (tertiary/aromatic N) is 3. The van der Waals surface area contributed by atoms with Crippen molar-refractivity contribution in [2.75, 3.05) is 17.7 Å². The Kier molecular flexibility index (Phi) is 8.58. The summed E-state index contributed by atoms with van der Waals surface area (Å²) in [6, 6.07) is 22.5. The van der Waals surface area contributed by atoms with Crippen molar-refractivity contribution in [3.63, 3.8) is 0 Å². The second-order valence-corrected chi connectivity index (χ2v) is 9.29. The fourth-order valence-electron chi connectivity index (χ4n) is 3.62. The number of hydrogen-bond acceptors (Lipinski definition) is 6. The van der Waals surface area contributed by atoms with E-state index in [1.165, 1.54) is 11.8 Å². The van der Waals surface area contributed by atoms with Crippen molar-refractivity contribution < 1.29 is 14.3 Å². The van der Waals surface area contributed by atoms with E-state index < -0.39 is 0 Å². The van der Waals surface area contributed by atoms with Crippen molar-refractivity contribution in [1.82, 2.24) is 20.1 Å². The Bertz CT molecular complexity index is 1370. The number of hydrogen-bond donors (Lipinski definition) is 2. The minimum absolute atomic E-state index is 0.146. The molecule has 37 heavy (non-hydrogen) atoms. The van der Waals surface area contributed by atoms with Crippen LogP contribution in [0.5, 0.6) is 5.75 Å². The molecule has 0 fully saturated rings. The number of aryl methyl sites for hydroxylation is 2. The molecule has 4 rings (SSSR count).